The van der Waals surface area contributed by atoms with Crippen molar-refractivity contribution in [1.29, 1.82) is 0 Å². The van der Waals surface area contributed by atoms with Crippen LogP contribution >= 0.6 is 0 Å². The van der Waals surface area contributed by atoms with E-state index in [9.17, 15) is 0 Å². The molecule has 0 unspecified atom stereocenters. The SMILES string of the molecule is CC(C)c1nc2cccnc2n1Cc1ccc([B]O)cc1. The molecule has 0 bridgehead atoms. The number of rotatable bonds is 4. The van der Waals surface area contributed by atoms with E-state index in [4.69, 9.17) is 10.0 Å². The first kappa shape index (κ1) is 13.8. The van der Waals surface area contributed by atoms with E-state index < -0.39 is 0 Å². The van der Waals surface area contributed by atoms with E-state index in [1.165, 1.54) is 0 Å². The fourth-order valence-electron chi connectivity index (χ4n) is 2.46. The largest absolute Gasteiger partial charge is 0.450 e. The lowest BCUT2D eigenvalue weighted by Gasteiger charge is -2.11. The van der Waals surface area contributed by atoms with Crippen LogP contribution in [-0.2, 0) is 6.54 Å². The minimum atomic E-state index is 0.337. The molecule has 0 amide bonds. The molecule has 2 aromatic heterocycles. The third-order valence-corrected chi connectivity index (χ3v) is 3.52. The van der Waals surface area contributed by atoms with Crippen molar-refractivity contribution in [2.75, 3.05) is 0 Å². The minimum absolute atomic E-state index is 0.337. The normalized spacial score (nSPS) is 11.2. The first-order valence-electron chi connectivity index (χ1n) is 7.06. The molecule has 3 aromatic rings. The molecule has 105 valence electrons. The monoisotopic (exact) mass is 278 g/mol. The molecule has 1 radical (unpaired) electrons. The lowest BCUT2D eigenvalue weighted by molar-refractivity contribution is 0.615. The maximum atomic E-state index is 8.99. The summed E-state index contributed by atoms with van der Waals surface area (Å²) in [6.45, 7) is 5.01. The van der Waals surface area contributed by atoms with Crippen LogP contribution in [0.15, 0.2) is 42.6 Å². The van der Waals surface area contributed by atoms with Crippen LogP contribution in [0.5, 0.6) is 0 Å². The second-order valence-electron chi connectivity index (χ2n) is 5.43. The maximum Gasteiger partial charge on any atom is 0.326 e. The van der Waals surface area contributed by atoms with Gasteiger partial charge in [0.15, 0.2) is 5.65 Å². The van der Waals surface area contributed by atoms with Gasteiger partial charge in [0.2, 0.25) is 0 Å². The predicted octanol–water partition coefficient (Wildman–Crippen LogP) is 1.84. The van der Waals surface area contributed by atoms with Gasteiger partial charge >= 0.3 is 7.48 Å². The molecule has 1 aromatic carbocycles. The molecule has 4 nitrogen and oxygen atoms in total. The van der Waals surface area contributed by atoms with Crippen LogP contribution in [0.25, 0.3) is 11.2 Å². The van der Waals surface area contributed by atoms with Gasteiger partial charge in [-0.3, -0.25) is 0 Å². The van der Waals surface area contributed by atoms with Crippen molar-refractivity contribution in [2.45, 2.75) is 26.3 Å². The van der Waals surface area contributed by atoms with Crippen LogP contribution in [0.1, 0.15) is 31.2 Å². The third-order valence-electron chi connectivity index (χ3n) is 3.52. The summed E-state index contributed by atoms with van der Waals surface area (Å²) >= 11 is 0. The highest BCUT2D eigenvalue weighted by molar-refractivity contribution is 6.45. The molecule has 0 fully saturated rings. The van der Waals surface area contributed by atoms with Gasteiger partial charge in [-0.25, -0.2) is 9.97 Å². The van der Waals surface area contributed by atoms with E-state index in [0.29, 0.717) is 5.92 Å². The number of fused-ring (bicyclic) bond motifs is 1. The van der Waals surface area contributed by atoms with Crippen molar-refractivity contribution in [3.05, 3.63) is 54.0 Å². The van der Waals surface area contributed by atoms with Crippen LogP contribution in [0.4, 0.5) is 0 Å². The summed E-state index contributed by atoms with van der Waals surface area (Å²) < 4.78 is 2.16. The number of hydrogen-bond donors (Lipinski definition) is 1. The molecule has 5 heteroatoms. The maximum absolute atomic E-state index is 8.99. The molecule has 0 saturated heterocycles. The lowest BCUT2D eigenvalue weighted by Crippen LogP contribution is -2.13. The number of imidazole rings is 1. The Morgan fingerprint density at radius 1 is 1.19 bits per heavy atom. The van der Waals surface area contributed by atoms with Crippen LogP contribution in [0.2, 0.25) is 0 Å². The molecule has 0 atom stereocenters. The van der Waals surface area contributed by atoms with Crippen LogP contribution in [-0.4, -0.2) is 27.0 Å². The Bertz CT molecular complexity index is 750. The van der Waals surface area contributed by atoms with Gasteiger partial charge in [-0.1, -0.05) is 43.6 Å². The number of benzene rings is 1. The third kappa shape index (κ3) is 2.69. The predicted molar refractivity (Wildman–Crippen MR) is 84.8 cm³/mol. The van der Waals surface area contributed by atoms with Crippen LogP contribution in [0.3, 0.4) is 0 Å². The van der Waals surface area contributed by atoms with E-state index >= 15 is 0 Å². The summed E-state index contributed by atoms with van der Waals surface area (Å²) in [5, 5.41) is 8.99. The van der Waals surface area contributed by atoms with Crippen molar-refractivity contribution in [3.63, 3.8) is 0 Å². The second-order valence-corrected chi connectivity index (χ2v) is 5.43. The van der Waals surface area contributed by atoms with Gasteiger partial charge in [0.1, 0.15) is 11.3 Å². The Labute approximate surface area is 124 Å². The Morgan fingerprint density at radius 3 is 2.62 bits per heavy atom. The summed E-state index contributed by atoms with van der Waals surface area (Å²) in [5.41, 5.74) is 3.81. The average molecular weight is 278 g/mol. The smallest absolute Gasteiger partial charge is 0.326 e. The number of nitrogens with zero attached hydrogens (tertiary/aromatic N) is 3. The zero-order chi connectivity index (χ0) is 14.8. The summed E-state index contributed by atoms with van der Waals surface area (Å²) in [7, 11) is 1.11. The Hall–Kier alpha value is -2.14. The molecular weight excluding hydrogens is 261 g/mol. The van der Waals surface area contributed by atoms with E-state index in [2.05, 4.69) is 23.4 Å². The molecule has 0 aliphatic heterocycles. The molecule has 0 spiro atoms. The Balaban J connectivity index is 2.03. The van der Waals surface area contributed by atoms with Crippen LogP contribution in [0, 0.1) is 0 Å². The van der Waals surface area contributed by atoms with Gasteiger partial charge < -0.3 is 9.59 Å². The fourth-order valence-corrected chi connectivity index (χ4v) is 2.46. The molecule has 0 saturated carbocycles. The average Bonchev–Trinajstić information content (AvgIpc) is 2.87. The number of aromatic nitrogens is 3. The minimum Gasteiger partial charge on any atom is -0.450 e. The van der Waals surface area contributed by atoms with Crippen molar-refractivity contribution in [1.82, 2.24) is 14.5 Å². The quantitative estimate of drug-likeness (QED) is 0.741. The van der Waals surface area contributed by atoms with Crippen LogP contribution < -0.4 is 5.46 Å². The van der Waals surface area contributed by atoms with Crippen molar-refractivity contribution in [3.8, 4) is 0 Å². The van der Waals surface area contributed by atoms with Gasteiger partial charge in [-0.15, -0.1) is 0 Å². The summed E-state index contributed by atoms with van der Waals surface area (Å²) in [6, 6.07) is 11.7. The van der Waals surface area contributed by atoms with Crippen molar-refractivity contribution in [2.24, 2.45) is 0 Å². The molecule has 1 N–H and O–H groups in total. The zero-order valence-electron chi connectivity index (χ0n) is 12.2. The van der Waals surface area contributed by atoms with E-state index in [-0.39, 0.29) is 0 Å². The van der Waals surface area contributed by atoms with E-state index in [0.717, 1.165) is 42.0 Å². The van der Waals surface area contributed by atoms with Gasteiger partial charge in [0, 0.05) is 12.1 Å². The molecular formula is C16H17BN3O. The highest BCUT2D eigenvalue weighted by atomic mass is 16.2. The zero-order valence-corrected chi connectivity index (χ0v) is 12.2. The standard InChI is InChI=1S/C16H17BN3O/c1-11(2)15-19-14-4-3-9-18-16(14)20(15)10-12-5-7-13(17-21)8-6-12/h3-9,11,21H,10H2,1-2H3. The van der Waals surface area contributed by atoms with E-state index in [1.807, 2.05) is 36.4 Å². The lowest BCUT2D eigenvalue weighted by atomic mass is 9.88. The molecule has 0 aliphatic rings. The number of pyridine rings is 1. The van der Waals surface area contributed by atoms with Crippen molar-refractivity contribution >= 4 is 24.1 Å². The molecule has 2 heterocycles. The molecule has 3 rings (SSSR count). The molecule has 21 heavy (non-hydrogen) atoms. The Morgan fingerprint density at radius 2 is 1.95 bits per heavy atom. The highest BCUT2D eigenvalue weighted by Gasteiger charge is 2.14. The Kier molecular flexibility index (Phi) is 3.75. The first-order valence-corrected chi connectivity index (χ1v) is 7.06. The van der Waals surface area contributed by atoms with Gasteiger partial charge in [-0.2, -0.15) is 0 Å². The second kappa shape index (κ2) is 5.70. The topological polar surface area (TPSA) is 50.9 Å². The summed E-state index contributed by atoms with van der Waals surface area (Å²) in [4.78, 5) is 9.16. The summed E-state index contributed by atoms with van der Waals surface area (Å²) in [6.07, 6.45) is 1.80. The highest BCUT2D eigenvalue weighted by Crippen LogP contribution is 2.21. The number of hydrogen-bond acceptors (Lipinski definition) is 3. The molecule has 0 aliphatic carbocycles. The summed E-state index contributed by atoms with van der Waals surface area (Å²) in [5.74, 6) is 1.38. The van der Waals surface area contributed by atoms with Gasteiger partial charge in [0.05, 0.1) is 6.54 Å². The van der Waals surface area contributed by atoms with Crippen molar-refractivity contribution < 1.29 is 5.02 Å². The fraction of sp³-hybridized carbons (Fsp3) is 0.250. The van der Waals surface area contributed by atoms with Gasteiger partial charge in [-0.05, 0) is 17.7 Å². The van der Waals surface area contributed by atoms with Gasteiger partial charge in [0.25, 0.3) is 0 Å². The first-order chi connectivity index (χ1) is 10.2. The van der Waals surface area contributed by atoms with E-state index in [1.54, 1.807) is 6.20 Å².